The Balaban J connectivity index is 1.78. The van der Waals surface area contributed by atoms with Crippen molar-refractivity contribution in [2.45, 2.75) is 39.8 Å². The third-order valence-corrected chi connectivity index (χ3v) is 6.88. The summed E-state index contributed by atoms with van der Waals surface area (Å²) in [7, 11) is 0. The number of rotatable bonds is 8. The maximum absolute atomic E-state index is 13.7. The Morgan fingerprint density at radius 1 is 0.892 bits per heavy atom. The minimum Gasteiger partial charge on any atom is -0.352 e. The van der Waals surface area contributed by atoms with Gasteiger partial charge in [0.05, 0.1) is 22.3 Å². The van der Waals surface area contributed by atoms with Crippen molar-refractivity contribution in [3.05, 3.63) is 98.8 Å². The van der Waals surface area contributed by atoms with E-state index in [-0.39, 0.29) is 23.0 Å². The second kappa shape index (κ2) is 11.1. The molecule has 4 rings (SSSR count). The number of fused-ring (bicyclic) bond motifs is 1. The largest absolute Gasteiger partial charge is 0.352 e. The summed E-state index contributed by atoms with van der Waals surface area (Å²) in [6.45, 7) is 10.5. The minimum atomic E-state index is -0.241. The van der Waals surface area contributed by atoms with Crippen molar-refractivity contribution in [1.29, 1.82) is 0 Å². The van der Waals surface area contributed by atoms with Crippen LogP contribution in [0.4, 0.5) is 0 Å². The highest BCUT2D eigenvalue weighted by Gasteiger charge is 2.18. The number of aromatic nitrogens is 2. The Labute approximate surface area is 221 Å². The SMILES string of the molecule is Cc1ccc(C(=O)CSc2nc3cc(C(=O)NCC(C)C)ccc3c(=O)n2-c2cc(C)cc(C)c2)cc1. The molecule has 3 aromatic carbocycles. The molecule has 1 heterocycles. The van der Waals surface area contributed by atoms with Gasteiger partial charge in [-0.25, -0.2) is 4.98 Å². The molecule has 0 aliphatic rings. The zero-order chi connectivity index (χ0) is 26.7. The van der Waals surface area contributed by atoms with Crippen LogP contribution in [0.25, 0.3) is 16.6 Å². The monoisotopic (exact) mass is 513 g/mol. The van der Waals surface area contributed by atoms with Crippen LogP contribution in [0.5, 0.6) is 0 Å². The number of Topliss-reactive ketones (excluding diaryl/α,β-unsaturated/α-hetero) is 1. The first-order valence-electron chi connectivity index (χ1n) is 12.3. The van der Waals surface area contributed by atoms with Crippen molar-refractivity contribution in [2.24, 2.45) is 5.92 Å². The van der Waals surface area contributed by atoms with E-state index >= 15 is 0 Å². The van der Waals surface area contributed by atoms with Crippen molar-refractivity contribution in [3.63, 3.8) is 0 Å². The van der Waals surface area contributed by atoms with Crippen LogP contribution in [-0.4, -0.2) is 33.5 Å². The molecule has 1 amide bonds. The third kappa shape index (κ3) is 6.17. The number of hydrogen-bond donors (Lipinski definition) is 1. The molecule has 0 unspecified atom stereocenters. The molecule has 0 bridgehead atoms. The van der Waals surface area contributed by atoms with Gasteiger partial charge in [-0.2, -0.15) is 0 Å². The lowest BCUT2D eigenvalue weighted by Crippen LogP contribution is -2.27. The molecule has 6 nitrogen and oxygen atoms in total. The second-order valence-corrected chi connectivity index (χ2v) is 10.7. The summed E-state index contributed by atoms with van der Waals surface area (Å²) in [5.74, 6) is 0.190. The fourth-order valence-electron chi connectivity index (χ4n) is 4.06. The van der Waals surface area contributed by atoms with Gasteiger partial charge < -0.3 is 5.32 Å². The normalized spacial score (nSPS) is 11.2. The van der Waals surface area contributed by atoms with Crippen LogP contribution in [-0.2, 0) is 0 Å². The van der Waals surface area contributed by atoms with Crippen LogP contribution in [0.1, 0.15) is 51.3 Å². The lowest BCUT2D eigenvalue weighted by molar-refractivity contribution is 0.0948. The summed E-state index contributed by atoms with van der Waals surface area (Å²) in [6.07, 6.45) is 0. The van der Waals surface area contributed by atoms with Crippen LogP contribution in [0, 0.1) is 26.7 Å². The fourth-order valence-corrected chi connectivity index (χ4v) is 4.97. The molecule has 190 valence electrons. The quantitative estimate of drug-likeness (QED) is 0.186. The van der Waals surface area contributed by atoms with Gasteiger partial charge in [0, 0.05) is 17.7 Å². The predicted molar refractivity (Wildman–Crippen MR) is 150 cm³/mol. The molecule has 7 heteroatoms. The summed E-state index contributed by atoms with van der Waals surface area (Å²) < 4.78 is 1.56. The van der Waals surface area contributed by atoms with Crippen molar-refractivity contribution < 1.29 is 9.59 Å². The van der Waals surface area contributed by atoms with Gasteiger partial charge in [-0.3, -0.25) is 19.0 Å². The smallest absolute Gasteiger partial charge is 0.266 e. The van der Waals surface area contributed by atoms with Crippen LogP contribution in [0.3, 0.4) is 0 Å². The highest BCUT2D eigenvalue weighted by Crippen LogP contribution is 2.24. The molecule has 0 saturated carbocycles. The van der Waals surface area contributed by atoms with Crippen LogP contribution >= 0.6 is 11.8 Å². The summed E-state index contributed by atoms with van der Waals surface area (Å²) in [5, 5.41) is 3.72. The molecule has 0 atom stereocenters. The van der Waals surface area contributed by atoms with E-state index < -0.39 is 0 Å². The Hall–Kier alpha value is -3.71. The zero-order valence-corrected chi connectivity index (χ0v) is 22.6. The van der Waals surface area contributed by atoms with E-state index in [0.717, 1.165) is 16.7 Å². The summed E-state index contributed by atoms with van der Waals surface area (Å²) in [5.41, 5.74) is 5.05. The van der Waals surface area contributed by atoms with Crippen molar-refractivity contribution >= 4 is 34.4 Å². The van der Waals surface area contributed by atoms with Crippen molar-refractivity contribution in [3.8, 4) is 5.69 Å². The molecule has 0 aliphatic heterocycles. The maximum atomic E-state index is 13.7. The summed E-state index contributed by atoms with van der Waals surface area (Å²) in [4.78, 5) is 44.1. The summed E-state index contributed by atoms with van der Waals surface area (Å²) in [6, 6.07) is 18.3. The number of thioether (sulfide) groups is 1. The van der Waals surface area contributed by atoms with Gasteiger partial charge >= 0.3 is 0 Å². The van der Waals surface area contributed by atoms with Crippen LogP contribution < -0.4 is 10.9 Å². The molecule has 1 N–H and O–H groups in total. The fraction of sp³-hybridized carbons (Fsp3) is 0.267. The van der Waals surface area contributed by atoms with Gasteiger partial charge in [-0.15, -0.1) is 0 Å². The number of aryl methyl sites for hydroxylation is 3. The number of nitrogens with zero attached hydrogens (tertiary/aromatic N) is 2. The van der Waals surface area contributed by atoms with Crippen LogP contribution in [0.2, 0.25) is 0 Å². The Morgan fingerprint density at radius 2 is 1.54 bits per heavy atom. The maximum Gasteiger partial charge on any atom is 0.266 e. The summed E-state index contributed by atoms with van der Waals surface area (Å²) >= 11 is 1.22. The highest BCUT2D eigenvalue weighted by molar-refractivity contribution is 7.99. The topological polar surface area (TPSA) is 81.1 Å². The number of benzene rings is 3. The molecule has 0 spiro atoms. The number of nitrogens with one attached hydrogen (secondary N) is 1. The first-order valence-corrected chi connectivity index (χ1v) is 13.3. The Bertz CT molecular complexity index is 1520. The van der Waals surface area contributed by atoms with Gasteiger partial charge in [0.1, 0.15) is 0 Å². The predicted octanol–water partition coefficient (Wildman–Crippen LogP) is 5.67. The number of ketones is 1. The second-order valence-electron chi connectivity index (χ2n) is 9.79. The van der Waals surface area contributed by atoms with Crippen molar-refractivity contribution in [2.75, 3.05) is 12.3 Å². The third-order valence-electron chi connectivity index (χ3n) is 5.94. The molecular formula is C30H31N3O3S. The van der Waals surface area contributed by atoms with E-state index in [0.29, 0.717) is 45.3 Å². The van der Waals surface area contributed by atoms with Crippen molar-refractivity contribution in [1.82, 2.24) is 14.9 Å². The average molecular weight is 514 g/mol. The van der Waals surface area contributed by atoms with E-state index in [4.69, 9.17) is 4.98 Å². The first-order chi connectivity index (χ1) is 17.6. The van der Waals surface area contributed by atoms with E-state index in [1.54, 1.807) is 22.8 Å². The van der Waals surface area contributed by atoms with Gasteiger partial charge in [0.2, 0.25) is 0 Å². The number of hydrogen-bond acceptors (Lipinski definition) is 5. The molecule has 4 aromatic rings. The zero-order valence-electron chi connectivity index (χ0n) is 21.8. The molecule has 37 heavy (non-hydrogen) atoms. The molecule has 0 saturated heterocycles. The lowest BCUT2D eigenvalue weighted by atomic mass is 10.1. The molecular weight excluding hydrogens is 482 g/mol. The van der Waals surface area contributed by atoms with E-state index in [9.17, 15) is 14.4 Å². The number of amides is 1. The van der Waals surface area contributed by atoms with E-state index in [1.165, 1.54) is 11.8 Å². The number of carbonyl (C=O) groups is 2. The van der Waals surface area contributed by atoms with Gasteiger partial charge in [0.25, 0.3) is 11.5 Å². The molecule has 0 fully saturated rings. The first kappa shape index (κ1) is 26.4. The van der Waals surface area contributed by atoms with E-state index in [1.807, 2.05) is 77.1 Å². The minimum absolute atomic E-state index is 0.0480. The molecule has 0 radical (unpaired) electrons. The van der Waals surface area contributed by atoms with Gasteiger partial charge in [-0.05, 0) is 68.1 Å². The van der Waals surface area contributed by atoms with Crippen LogP contribution in [0.15, 0.2) is 70.6 Å². The average Bonchev–Trinajstić information content (AvgIpc) is 2.85. The highest BCUT2D eigenvalue weighted by atomic mass is 32.2. The van der Waals surface area contributed by atoms with Gasteiger partial charge in [-0.1, -0.05) is 61.5 Å². The standard InChI is InChI=1S/C30H31N3O3S/c1-18(2)16-31-28(35)23-10-11-25-26(15-23)32-30(37-17-27(34)22-8-6-19(3)7-9-22)33(29(25)36)24-13-20(4)12-21(5)14-24/h6-15,18H,16-17H2,1-5H3,(H,31,35). The molecule has 0 aliphatic carbocycles. The molecule has 1 aromatic heterocycles. The van der Waals surface area contributed by atoms with E-state index in [2.05, 4.69) is 5.32 Å². The van der Waals surface area contributed by atoms with Gasteiger partial charge in [0.15, 0.2) is 10.9 Å². The Morgan fingerprint density at radius 3 is 2.19 bits per heavy atom. The Kier molecular flexibility index (Phi) is 7.93. The number of carbonyl (C=O) groups excluding carboxylic acids is 2. The lowest BCUT2D eigenvalue weighted by Gasteiger charge is -2.15.